The third-order valence-electron chi connectivity index (χ3n) is 4.46. The molecular formula is C15H19NO2. The Morgan fingerprint density at radius 3 is 2.78 bits per heavy atom. The Morgan fingerprint density at radius 1 is 1.28 bits per heavy atom. The van der Waals surface area contributed by atoms with Crippen molar-refractivity contribution in [2.24, 2.45) is 5.92 Å². The van der Waals surface area contributed by atoms with Crippen LogP contribution in [0, 0.1) is 5.92 Å². The largest absolute Gasteiger partial charge is 0.480 e. The summed E-state index contributed by atoms with van der Waals surface area (Å²) in [4.78, 5) is 13.6. The van der Waals surface area contributed by atoms with E-state index in [1.165, 1.54) is 24.8 Å². The summed E-state index contributed by atoms with van der Waals surface area (Å²) in [7, 11) is 0. The van der Waals surface area contributed by atoms with Crippen molar-refractivity contribution >= 4 is 5.97 Å². The molecule has 3 heteroatoms. The van der Waals surface area contributed by atoms with E-state index in [0.717, 1.165) is 13.0 Å². The molecule has 1 aromatic rings. The highest BCUT2D eigenvalue weighted by atomic mass is 16.4. The number of benzene rings is 1. The molecule has 1 saturated heterocycles. The minimum Gasteiger partial charge on any atom is -0.480 e. The average molecular weight is 245 g/mol. The summed E-state index contributed by atoms with van der Waals surface area (Å²) in [6, 6.07) is 10.4. The summed E-state index contributed by atoms with van der Waals surface area (Å²) in [6.07, 6.45) is 4.47. The summed E-state index contributed by atoms with van der Waals surface area (Å²) >= 11 is 0. The van der Waals surface area contributed by atoms with Crippen LogP contribution in [-0.4, -0.2) is 28.1 Å². The van der Waals surface area contributed by atoms with Crippen LogP contribution in [0.5, 0.6) is 0 Å². The Labute approximate surface area is 107 Å². The van der Waals surface area contributed by atoms with Gasteiger partial charge in [-0.15, -0.1) is 0 Å². The number of carboxylic acid groups (broad SMARTS) is 1. The second-order valence-electron chi connectivity index (χ2n) is 5.51. The van der Waals surface area contributed by atoms with Gasteiger partial charge in [0.2, 0.25) is 0 Å². The van der Waals surface area contributed by atoms with Crippen LogP contribution in [0.2, 0.25) is 0 Å². The SMILES string of the molecule is O=C(O)[C@@H]1C[C@@H]2CCC[C@@H]2N1Cc1ccccc1. The molecule has 1 heterocycles. The normalized spacial score (nSPS) is 31.4. The molecule has 1 N–H and O–H groups in total. The monoisotopic (exact) mass is 245 g/mol. The van der Waals surface area contributed by atoms with Gasteiger partial charge in [-0.2, -0.15) is 0 Å². The quantitative estimate of drug-likeness (QED) is 0.889. The molecule has 0 amide bonds. The zero-order chi connectivity index (χ0) is 12.5. The summed E-state index contributed by atoms with van der Waals surface area (Å²) in [5.41, 5.74) is 1.22. The Bertz CT molecular complexity index is 431. The molecular weight excluding hydrogens is 226 g/mol. The van der Waals surface area contributed by atoms with Crippen LogP contribution in [0.1, 0.15) is 31.2 Å². The molecule has 1 aliphatic carbocycles. The maximum Gasteiger partial charge on any atom is 0.320 e. The molecule has 18 heavy (non-hydrogen) atoms. The van der Waals surface area contributed by atoms with Crippen molar-refractivity contribution in [3.8, 4) is 0 Å². The van der Waals surface area contributed by atoms with Crippen LogP contribution in [0.4, 0.5) is 0 Å². The van der Waals surface area contributed by atoms with E-state index in [1.807, 2.05) is 18.2 Å². The van der Waals surface area contributed by atoms with Gasteiger partial charge >= 0.3 is 5.97 Å². The van der Waals surface area contributed by atoms with E-state index in [-0.39, 0.29) is 6.04 Å². The molecule has 96 valence electrons. The molecule has 2 aliphatic rings. The number of likely N-dealkylation sites (tertiary alicyclic amines) is 1. The highest BCUT2D eigenvalue weighted by Crippen LogP contribution is 2.41. The molecule has 3 atom stereocenters. The van der Waals surface area contributed by atoms with Gasteiger partial charge in [0.05, 0.1) is 0 Å². The van der Waals surface area contributed by atoms with Crippen molar-refractivity contribution in [3.63, 3.8) is 0 Å². The maximum atomic E-state index is 11.4. The highest BCUT2D eigenvalue weighted by Gasteiger charge is 2.46. The second kappa shape index (κ2) is 4.73. The molecule has 0 spiro atoms. The summed E-state index contributed by atoms with van der Waals surface area (Å²) in [5.74, 6) is -0.0462. The number of nitrogens with zero attached hydrogens (tertiary/aromatic N) is 1. The maximum absolute atomic E-state index is 11.4. The Balaban J connectivity index is 1.80. The van der Waals surface area contributed by atoms with E-state index >= 15 is 0 Å². The fourth-order valence-corrected chi connectivity index (χ4v) is 3.65. The van der Waals surface area contributed by atoms with E-state index in [1.54, 1.807) is 0 Å². The molecule has 0 radical (unpaired) electrons. The van der Waals surface area contributed by atoms with Gasteiger partial charge < -0.3 is 5.11 Å². The number of fused-ring (bicyclic) bond motifs is 1. The van der Waals surface area contributed by atoms with E-state index in [0.29, 0.717) is 12.0 Å². The third-order valence-corrected chi connectivity index (χ3v) is 4.46. The average Bonchev–Trinajstić information content (AvgIpc) is 2.93. The number of carbonyl (C=O) groups is 1. The van der Waals surface area contributed by atoms with Gasteiger partial charge in [-0.05, 0) is 30.7 Å². The lowest BCUT2D eigenvalue weighted by atomic mass is 10.0. The lowest BCUT2D eigenvalue weighted by Gasteiger charge is -2.27. The minimum absolute atomic E-state index is 0.277. The highest BCUT2D eigenvalue weighted by molar-refractivity contribution is 5.74. The van der Waals surface area contributed by atoms with Gasteiger partial charge in [-0.25, -0.2) is 0 Å². The zero-order valence-electron chi connectivity index (χ0n) is 10.5. The molecule has 0 bridgehead atoms. The molecule has 3 rings (SSSR count). The van der Waals surface area contributed by atoms with Crippen molar-refractivity contribution in [2.75, 3.05) is 0 Å². The molecule has 0 unspecified atom stereocenters. The summed E-state index contributed by atoms with van der Waals surface area (Å²) in [6.45, 7) is 0.777. The molecule has 1 saturated carbocycles. The molecule has 3 nitrogen and oxygen atoms in total. The minimum atomic E-state index is -0.652. The van der Waals surface area contributed by atoms with Crippen LogP contribution < -0.4 is 0 Å². The summed E-state index contributed by atoms with van der Waals surface area (Å²) < 4.78 is 0. The van der Waals surface area contributed by atoms with Crippen LogP contribution >= 0.6 is 0 Å². The van der Waals surface area contributed by atoms with Crippen molar-refractivity contribution in [1.82, 2.24) is 4.90 Å². The van der Waals surface area contributed by atoms with Gasteiger partial charge in [0.1, 0.15) is 6.04 Å². The first-order valence-corrected chi connectivity index (χ1v) is 6.78. The van der Waals surface area contributed by atoms with Gasteiger partial charge in [0.15, 0.2) is 0 Å². The van der Waals surface area contributed by atoms with Gasteiger partial charge in [-0.3, -0.25) is 9.69 Å². The van der Waals surface area contributed by atoms with Crippen LogP contribution in [-0.2, 0) is 11.3 Å². The Morgan fingerprint density at radius 2 is 2.06 bits per heavy atom. The molecule has 0 aromatic heterocycles. The van der Waals surface area contributed by atoms with Gasteiger partial charge in [0.25, 0.3) is 0 Å². The fourth-order valence-electron chi connectivity index (χ4n) is 3.65. The van der Waals surface area contributed by atoms with E-state index in [9.17, 15) is 9.90 Å². The summed E-state index contributed by atoms with van der Waals surface area (Å²) in [5, 5.41) is 9.38. The number of hydrogen-bond acceptors (Lipinski definition) is 2. The van der Waals surface area contributed by atoms with Crippen LogP contribution in [0.25, 0.3) is 0 Å². The van der Waals surface area contributed by atoms with E-state index < -0.39 is 5.97 Å². The first kappa shape index (κ1) is 11.7. The smallest absolute Gasteiger partial charge is 0.320 e. The lowest BCUT2D eigenvalue weighted by Crippen LogP contribution is -2.40. The van der Waals surface area contributed by atoms with E-state index in [2.05, 4.69) is 17.0 Å². The topological polar surface area (TPSA) is 40.5 Å². The predicted molar refractivity (Wildman–Crippen MR) is 69.2 cm³/mol. The number of hydrogen-bond donors (Lipinski definition) is 1. The molecule has 1 aromatic carbocycles. The van der Waals surface area contributed by atoms with Crippen LogP contribution in [0.3, 0.4) is 0 Å². The Kier molecular flexibility index (Phi) is 3.08. The molecule has 1 aliphatic heterocycles. The van der Waals surface area contributed by atoms with Crippen molar-refractivity contribution in [1.29, 1.82) is 0 Å². The number of aliphatic carboxylic acids is 1. The van der Waals surface area contributed by atoms with E-state index in [4.69, 9.17) is 0 Å². The lowest BCUT2D eigenvalue weighted by molar-refractivity contribution is -0.142. The molecule has 2 fully saturated rings. The van der Waals surface area contributed by atoms with Crippen molar-refractivity contribution in [2.45, 2.75) is 44.3 Å². The number of rotatable bonds is 3. The predicted octanol–water partition coefficient (Wildman–Crippen LogP) is 2.51. The third kappa shape index (κ3) is 2.03. The standard InChI is InChI=1S/C15H19NO2/c17-15(18)14-9-12-7-4-8-13(12)16(14)10-11-5-2-1-3-6-11/h1-3,5-6,12-14H,4,7-10H2,(H,17,18)/t12-,13-,14-/m0/s1. The van der Waals surface area contributed by atoms with Crippen molar-refractivity contribution < 1.29 is 9.90 Å². The first-order valence-electron chi connectivity index (χ1n) is 6.78. The van der Waals surface area contributed by atoms with Crippen LogP contribution in [0.15, 0.2) is 30.3 Å². The second-order valence-corrected chi connectivity index (χ2v) is 5.51. The van der Waals surface area contributed by atoms with Gasteiger partial charge in [0, 0.05) is 12.6 Å². The zero-order valence-corrected chi connectivity index (χ0v) is 10.5. The van der Waals surface area contributed by atoms with Crippen molar-refractivity contribution in [3.05, 3.63) is 35.9 Å². The fraction of sp³-hybridized carbons (Fsp3) is 0.533. The Hall–Kier alpha value is -1.35. The number of carboxylic acids is 1. The van der Waals surface area contributed by atoms with Gasteiger partial charge in [-0.1, -0.05) is 36.8 Å². The first-order chi connectivity index (χ1) is 8.75.